The van der Waals surface area contributed by atoms with Crippen molar-refractivity contribution in [1.82, 2.24) is 5.32 Å². The first kappa shape index (κ1) is 7.28. The molecule has 1 heterocycles. The number of thioether (sulfide) groups is 2. The number of nitrogens with one attached hydrogen (secondary N) is 1. The molecule has 0 aromatic heterocycles. The Hall–Kier alpha value is 0.170. The number of rotatable bonds is 2. The van der Waals surface area contributed by atoms with E-state index >= 15 is 0 Å². The molecule has 0 aromatic carbocycles. The topological polar surface area (TPSA) is 29.1 Å². The Labute approximate surface area is 63.2 Å². The molecule has 0 saturated carbocycles. The van der Waals surface area contributed by atoms with Crippen molar-refractivity contribution in [3.63, 3.8) is 0 Å². The largest absolute Gasteiger partial charge is 0.335 e. The fourth-order valence-electron chi connectivity index (χ4n) is 0.607. The fraction of sp³-hybridized carbons (Fsp3) is 0.800. The molecule has 0 radical (unpaired) electrons. The van der Waals surface area contributed by atoms with Crippen LogP contribution < -0.4 is 5.32 Å². The quantitative estimate of drug-likeness (QED) is 0.655. The van der Waals surface area contributed by atoms with E-state index in [1.807, 2.05) is 0 Å². The summed E-state index contributed by atoms with van der Waals surface area (Å²) in [5.74, 6) is 1.88. The molecule has 0 aliphatic carbocycles. The minimum absolute atomic E-state index is 0.172. The lowest BCUT2D eigenvalue weighted by Crippen LogP contribution is -2.22. The Bertz CT molecular complexity index is 118. The van der Waals surface area contributed by atoms with Crippen molar-refractivity contribution < 1.29 is 4.79 Å². The molecule has 1 amide bonds. The third kappa shape index (κ3) is 2.10. The molecule has 4 heteroatoms. The van der Waals surface area contributed by atoms with E-state index in [4.69, 9.17) is 0 Å². The standard InChI is InChI=1S/C5H9NOS2/c1-2-8-5-6-4(7)3-9-5/h5H,2-3H2,1H3,(H,6,7). The van der Waals surface area contributed by atoms with E-state index in [2.05, 4.69) is 12.2 Å². The van der Waals surface area contributed by atoms with Crippen LogP contribution >= 0.6 is 23.5 Å². The normalized spacial score (nSPS) is 26.3. The number of hydrogen-bond donors (Lipinski definition) is 1. The maximum atomic E-state index is 10.6. The Morgan fingerprint density at radius 1 is 2.00 bits per heavy atom. The van der Waals surface area contributed by atoms with E-state index in [1.165, 1.54) is 0 Å². The van der Waals surface area contributed by atoms with Crippen LogP contribution in [0.2, 0.25) is 0 Å². The van der Waals surface area contributed by atoms with E-state index in [-0.39, 0.29) is 5.91 Å². The van der Waals surface area contributed by atoms with Gasteiger partial charge in [0.2, 0.25) is 5.91 Å². The minimum Gasteiger partial charge on any atom is -0.335 e. The zero-order chi connectivity index (χ0) is 6.69. The van der Waals surface area contributed by atoms with Crippen LogP contribution in [-0.2, 0) is 4.79 Å². The van der Waals surface area contributed by atoms with Gasteiger partial charge in [-0.25, -0.2) is 0 Å². The average Bonchev–Trinajstić information content (AvgIpc) is 2.17. The lowest BCUT2D eigenvalue weighted by Gasteiger charge is -2.04. The highest BCUT2D eigenvalue weighted by molar-refractivity contribution is 8.17. The lowest BCUT2D eigenvalue weighted by molar-refractivity contribution is -0.117. The summed E-state index contributed by atoms with van der Waals surface area (Å²) >= 11 is 3.45. The Balaban J connectivity index is 2.22. The zero-order valence-electron chi connectivity index (χ0n) is 5.22. The smallest absolute Gasteiger partial charge is 0.231 e. The minimum atomic E-state index is 0.172. The van der Waals surface area contributed by atoms with E-state index < -0.39 is 0 Å². The highest BCUT2D eigenvalue weighted by atomic mass is 32.2. The van der Waals surface area contributed by atoms with Crippen molar-refractivity contribution >= 4 is 29.4 Å². The third-order valence-electron chi connectivity index (χ3n) is 0.963. The van der Waals surface area contributed by atoms with Gasteiger partial charge in [0.05, 0.1) is 5.75 Å². The molecule has 2 nitrogen and oxygen atoms in total. The van der Waals surface area contributed by atoms with Gasteiger partial charge in [-0.3, -0.25) is 4.79 Å². The van der Waals surface area contributed by atoms with Gasteiger partial charge in [-0.2, -0.15) is 0 Å². The van der Waals surface area contributed by atoms with Gasteiger partial charge in [0.1, 0.15) is 4.71 Å². The number of carbonyl (C=O) groups excluding carboxylic acids is 1. The molecular weight excluding hydrogens is 154 g/mol. The third-order valence-corrected chi connectivity index (χ3v) is 3.38. The molecule has 1 rings (SSSR count). The molecule has 9 heavy (non-hydrogen) atoms. The SMILES string of the molecule is CCSC1NC(=O)CS1. The van der Waals surface area contributed by atoms with Crippen molar-refractivity contribution in [2.75, 3.05) is 11.5 Å². The number of carbonyl (C=O) groups is 1. The summed E-state index contributed by atoms with van der Waals surface area (Å²) in [4.78, 5) is 10.6. The van der Waals surface area contributed by atoms with Gasteiger partial charge < -0.3 is 5.32 Å². The summed E-state index contributed by atoms with van der Waals surface area (Å²) < 4.78 is 0.322. The molecule has 1 saturated heterocycles. The fourth-order valence-corrected chi connectivity index (χ4v) is 2.72. The summed E-state index contributed by atoms with van der Waals surface area (Å²) in [7, 11) is 0. The van der Waals surface area contributed by atoms with Crippen LogP contribution in [0.15, 0.2) is 0 Å². The maximum Gasteiger partial charge on any atom is 0.231 e. The second-order valence-corrected chi connectivity index (χ2v) is 4.44. The van der Waals surface area contributed by atoms with Gasteiger partial charge in [-0.05, 0) is 5.75 Å². The van der Waals surface area contributed by atoms with Gasteiger partial charge in [-0.15, -0.1) is 23.5 Å². The van der Waals surface area contributed by atoms with Crippen LogP contribution in [-0.4, -0.2) is 22.1 Å². The van der Waals surface area contributed by atoms with Gasteiger partial charge in [0.15, 0.2) is 0 Å². The average molecular weight is 163 g/mol. The summed E-state index contributed by atoms with van der Waals surface area (Å²) in [6.45, 7) is 2.09. The molecule has 1 N–H and O–H groups in total. The van der Waals surface area contributed by atoms with Crippen molar-refractivity contribution in [2.45, 2.75) is 11.6 Å². The van der Waals surface area contributed by atoms with Gasteiger partial charge in [0, 0.05) is 0 Å². The lowest BCUT2D eigenvalue weighted by atomic mass is 10.7. The van der Waals surface area contributed by atoms with E-state index in [1.54, 1.807) is 23.5 Å². The predicted octanol–water partition coefficient (Wildman–Crippen LogP) is 0.886. The summed E-state index contributed by atoms with van der Waals surface area (Å²) in [6, 6.07) is 0. The van der Waals surface area contributed by atoms with E-state index in [0.29, 0.717) is 10.5 Å². The second kappa shape index (κ2) is 3.37. The van der Waals surface area contributed by atoms with Crippen molar-refractivity contribution in [2.24, 2.45) is 0 Å². The molecule has 0 spiro atoms. The van der Waals surface area contributed by atoms with Crippen molar-refractivity contribution in [3.8, 4) is 0 Å². The second-order valence-electron chi connectivity index (χ2n) is 1.67. The molecule has 1 aliphatic rings. The maximum absolute atomic E-state index is 10.6. The highest BCUT2D eigenvalue weighted by Crippen LogP contribution is 2.24. The Morgan fingerprint density at radius 3 is 3.22 bits per heavy atom. The monoisotopic (exact) mass is 163 g/mol. The van der Waals surface area contributed by atoms with Crippen LogP contribution in [0.3, 0.4) is 0 Å². The first-order valence-electron chi connectivity index (χ1n) is 2.85. The summed E-state index contributed by atoms with van der Waals surface area (Å²) in [6.07, 6.45) is 0. The van der Waals surface area contributed by atoms with Gasteiger partial charge in [0.25, 0.3) is 0 Å². The van der Waals surface area contributed by atoms with Crippen LogP contribution in [0, 0.1) is 0 Å². The summed E-state index contributed by atoms with van der Waals surface area (Å²) in [5, 5.41) is 2.84. The predicted molar refractivity (Wildman–Crippen MR) is 42.5 cm³/mol. The van der Waals surface area contributed by atoms with E-state index in [9.17, 15) is 4.79 Å². The zero-order valence-corrected chi connectivity index (χ0v) is 6.85. The molecule has 0 bridgehead atoms. The molecule has 0 aromatic rings. The Morgan fingerprint density at radius 2 is 2.78 bits per heavy atom. The molecule has 52 valence electrons. The first-order valence-corrected chi connectivity index (χ1v) is 4.95. The van der Waals surface area contributed by atoms with Crippen LogP contribution in [0.4, 0.5) is 0 Å². The molecule has 1 unspecified atom stereocenters. The molecule has 1 aliphatic heterocycles. The number of hydrogen-bond acceptors (Lipinski definition) is 3. The van der Waals surface area contributed by atoms with Crippen LogP contribution in [0.1, 0.15) is 6.92 Å². The summed E-state index contributed by atoms with van der Waals surface area (Å²) in [5.41, 5.74) is 0. The molecule has 1 atom stereocenters. The van der Waals surface area contributed by atoms with Gasteiger partial charge in [-0.1, -0.05) is 6.92 Å². The molecule has 1 fully saturated rings. The molecular formula is C5H9NOS2. The van der Waals surface area contributed by atoms with Crippen LogP contribution in [0.5, 0.6) is 0 Å². The van der Waals surface area contributed by atoms with Crippen LogP contribution in [0.25, 0.3) is 0 Å². The highest BCUT2D eigenvalue weighted by Gasteiger charge is 2.20. The van der Waals surface area contributed by atoms with Crippen molar-refractivity contribution in [1.29, 1.82) is 0 Å². The van der Waals surface area contributed by atoms with Crippen molar-refractivity contribution in [3.05, 3.63) is 0 Å². The van der Waals surface area contributed by atoms with Gasteiger partial charge >= 0.3 is 0 Å². The number of amides is 1. The Kier molecular flexibility index (Phi) is 2.72. The first-order chi connectivity index (χ1) is 4.33. The van der Waals surface area contributed by atoms with E-state index in [0.717, 1.165) is 5.75 Å².